The molecule has 0 amide bonds. The largest absolute Gasteiger partial charge is 0.469 e. The Morgan fingerprint density at radius 2 is 0.982 bits per heavy atom. The molecule has 0 aromatic carbocycles. The van der Waals surface area contributed by atoms with Crippen LogP contribution in [-0.2, 0) is 28.2 Å². The van der Waals surface area contributed by atoms with Crippen LogP contribution in [0.2, 0.25) is 0 Å². The molecule has 0 rings (SSSR count). The van der Waals surface area contributed by atoms with Crippen LogP contribution in [0.3, 0.4) is 0 Å². The van der Waals surface area contributed by atoms with Crippen molar-refractivity contribution >= 4 is 19.8 Å². The van der Waals surface area contributed by atoms with Crippen molar-refractivity contribution in [3.63, 3.8) is 0 Å². The van der Waals surface area contributed by atoms with Gasteiger partial charge in [0, 0.05) is 12.8 Å². The summed E-state index contributed by atoms with van der Waals surface area (Å²) in [6, 6.07) is 0. The highest BCUT2D eigenvalue weighted by Gasteiger charge is 2.22. The molecule has 0 aliphatic rings. The molecular weight excluding hydrogens is 715 g/mol. The second-order valence-corrected chi connectivity index (χ2v) is 15.3. The minimum Gasteiger partial charge on any atom is -0.462 e. The molecular formula is C45H77O9P. The summed E-state index contributed by atoms with van der Waals surface area (Å²) in [5.74, 6) is -0.978. The summed E-state index contributed by atoms with van der Waals surface area (Å²) in [6.45, 7) is 3.33. The molecule has 0 heterocycles. The van der Waals surface area contributed by atoms with Gasteiger partial charge in [0.2, 0.25) is 0 Å². The lowest BCUT2D eigenvalue weighted by Crippen LogP contribution is -2.29. The summed E-state index contributed by atoms with van der Waals surface area (Å²) in [5.41, 5.74) is 0. The van der Waals surface area contributed by atoms with Crippen LogP contribution in [-0.4, -0.2) is 52.3 Å². The second-order valence-electron chi connectivity index (χ2n) is 14.1. The predicted octanol–water partition coefficient (Wildman–Crippen LogP) is 12.0. The van der Waals surface area contributed by atoms with Crippen LogP contribution < -0.4 is 0 Å². The number of carbonyl (C=O) groups is 2. The van der Waals surface area contributed by atoms with Gasteiger partial charge in [0.25, 0.3) is 0 Å². The molecule has 9 nitrogen and oxygen atoms in total. The van der Waals surface area contributed by atoms with E-state index < -0.39 is 32.5 Å². The zero-order valence-electron chi connectivity index (χ0n) is 34.4. The molecule has 0 aliphatic heterocycles. The number of unbranched alkanes of at least 4 members (excludes halogenated alkanes) is 13. The number of ether oxygens (including phenoxy) is 2. The van der Waals surface area contributed by atoms with Crippen LogP contribution in [0.5, 0.6) is 0 Å². The molecule has 0 aromatic rings. The molecule has 316 valence electrons. The first kappa shape index (κ1) is 52.5. The molecule has 0 aromatic heterocycles. The standard InChI is InChI=1S/C45H77O9P/c1-3-5-6-7-8-9-10-11-12-13-14-15-16-20-23-26-29-32-35-38-44(47)52-40-43(41-53-55(49,50)51)54-45(48)39-36-33-30-27-24-21-18-17-19-22-25-28-31-34-37-42(46)4-2/h8-9,11-12,18-19,21-22,27-28,30-31,42-43,46H,3-7,10,13-17,20,23-26,29,32-41H2,1-2H3,(H2,49,50,51)/b9-8-,12-11-,21-18-,22-19-,30-27-,31-28-/t42-,43-/m1/s1. The minimum absolute atomic E-state index is 0.119. The molecule has 3 N–H and O–H groups in total. The first-order valence-electron chi connectivity index (χ1n) is 21.3. The van der Waals surface area contributed by atoms with Crippen LogP contribution in [0, 0.1) is 0 Å². The number of phosphoric ester groups is 1. The normalized spacial score (nSPS) is 13.8. The second kappa shape index (κ2) is 39.7. The third-order valence-corrected chi connectivity index (χ3v) is 9.35. The highest BCUT2D eigenvalue weighted by molar-refractivity contribution is 7.46. The lowest BCUT2D eigenvalue weighted by molar-refractivity contribution is -0.161. The average molecular weight is 793 g/mol. The fraction of sp³-hybridized carbons (Fsp3) is 0.689. The van der Waals surface area contributed by atoms with Gasteiger partial charge >= 0.3 is 19.8 Å². The van der Waals surface area contributed by atoms with Crippen LogP contribution >= 0.6 is 7.82 Å². The van der Waals surface area contributed by atoms with Gasteiger partial charge in [-0.15, -0.1) is 0 Å². The van der Waals surface area contributed by atoms with E-state index in [2.05, 4.69) is 72.2 Å². The van der Waals surface area contributed by atoms with E-state index in [0.29, 0.717) is 19.3 Å². The minimum atomic E-state index is -4.78. The maximum absolute atomic E-state index is 12.4. The van der Waals surface area contributed by atoms with Gasteiger partial charge in [-0.2, -0.15) is 0 Å². The lowest BCUT2D eigenvalue weighted by atomic mass is 10.1. The fourth-order valence-electron chi connectivity index (χ4n) is 5.49. The molecule has 0 radical (unpaired) electrons. The Morgan fingerprint density at radius 3 is 1.49 bits per heavy atom. The lowest BCUT2D eigenvalue weighted by Gasteiger charge is -2.18. The smallest absolute Gasteiger partial charge is 0.462 e. The van der Waals surface area contributed by atoms with E-state index >= 15 is 0 Å². The number of phosphoric acid groups is 1. The molecule has 0 fully saturated rings. The Labute approximate surface area is 334 Å². The molecule has 55 heavy (non-hydrogen) atoms. The number of allylic oxidation sites excluding steroid dienone is 12. The molecule has 2 atom stereocenters. The van der Waals surface area contributed by atoms with Gasteiger partial charge in [-0.3, -0.25) is 14.1 Å². The van der Waals surface area contributed by atoms with Crippen molar-refractivity contribution in [3.05, 3.63) is 72.9 Å². The van der Waals surface area contributed by atoms with E-state index in [4.69, 9.17) is 19.3 Å². The van der Waals surface area contributed by atoms with E-state index in [1.807, 2.05) is 19.1 Å². The van der Waals surface area contributed by atoms with Crippen LogP contribution in [0.4, 0.5) is 0 Å². The van der Waals surface area contributed by atoms with E-state index in [1.165, 1.54) is 57.8 Å². The summed E-state index contributed by atoms with van der Waals surface area (Å²) in [5, 5.41) is 9.54. The van der Waals surface area contributed by atoms with Gasteiger partial charge in [0.15, 0.2) is 6.10 Å². The maximum atomic E-state index is 12.4. The van der Waals surface area contributed by atoms with Gasteiger partial charge < -0.3 is 24.4 Å². The molecule has 0 aliphatic carbocycles. The van der Waals surface area contributed by atoms with Gasteiger partial charge in [0.05, 0.1) is 12.7 Å². The Hall–Kier alpha value is -2.55. The zero-order valence-corrected chi connectivity index (χ0v) is 35.3. The SMILES string of the molecule is CCCCC/C=C\C/C=C\CCCCCCCCCCCC(=O)OC[C@H](COP(=O)(O)O)OC(=O)CCC/C=C\C/C=C\C/C=C\C/C=C\CC[C@H](O)CC. The quantitative estimate of drug-likeness (QED) is 0.0241. The molecule has 0 bridgehead atoms. The number of hydrogen-bond acceptors (Lipinski definition) is 7. The molecule has 10 heteroatoms. The van der Waals surface area contributed by atoms with Gasteiger partial charge in [-0.25, -0.2) is 4.57 Å². The van der Waals surface area contributed by atoms with Gasteiger partial charge in [-0.1, -0.05) is 145 Å². The van der Waals surface area contributed by atoms with E-state index in [-0.39, 0.29) is 25.6 Å². The van der Waals surface area contributed by atoms with Crippen molar-refractivity contribution in [1.29, 1.82) is 0 Å². The first-order chi connectivity index (χ1) is 26.7. The van der Waals surface area contributed by atoms with Crippen LogP contribution in [0.25, 0.3) is 0 Å². The number of rotatable bonds is 38. The monoisotopic (exact) mass is 793 g/mol. The number of carbonyl (C=O) groups excluding carboxylic acids is 2. The average Bonchev–Trinajstić information content (AvgIpc) is 3.16. The van der Waals surface area contributed by atoms with Crippen molar-refractivity contribution in [2.75, 3.05) is 13.2 Å². The summed E-state index contributed by atoms with van der Waals surface area (Å²) in [4.78, 5) is 42.8. The molecule has 0 spiro atoms. The predicted molar refractivity (Wildman–Crippen MR) is 226 cm³/mol. The summed E-state index contributed by atoms with van der Waals surface area (Å²) in [7, 11) is -4.78. The van der Waals surface area contributed by atoms with Crippen molar-refractivity contribution in [2.45, 2.75) is 187 Å². The van der Waals surface area contributed by atoms with Crippen LogP contribution in [0.1, 0.15) is 174 Å². The Bertz CT molecular complexity index is 1140. The summed E-state index contributed by atoms with van der Waals surface area (Å²) >= 11 is 0. The Morgan fingerprint density at radius 1 is 0.545 bits per heavy atom. The number of esters is 2. The Kier molecular flexibility index (Phi) is 37.8. The summed E-state index contributed by atoms with van der Waals surface area (Å²) in [6.07, 6.45) is 48.5. The molecule has 0 unspecified atom stereocenters. The number of aliphatic hydroxyl groups is 1. The van der Waals surface area contributed by atoms with E-state index in [9.17, 15) is 19.3 Å². The zero-order chi connectivity index (χ0) is 40.5. The van der Waals surface area contributed by atoms with Gasteiger partial charge in [0.1, 0.15) is 6.61 Å². The highest BCUT2D eigenvalue weighted by Crippen LogP contribution is 2.36. The van der Waals surface area contributed by atoms with Gasteiger partial charge in [-0.05, 0) is 89.9 Å². The van der Waals surface area contributed by atoms with Crippen LogP contribution in [0.15, 0.2) is 72.9 Å². The molecule has 0 saturated heterocycles. The first-order valence-corrected chi connectivity index (χ1v) is 22.8. The fourth-order valence-corrected chi connectivity index (χ4v) is 5.85. The maximum Gasteiger partial charge on any atom is 0.469 e. The third-order valence-electron chi connectivity index (χ3n) is 8.86. The highest BCUT2D eigenvalue weighted by atomic mass is 31.2. The number of hydrogen-bond donors (Lipinski definition) is 3. The van der Waals surface area contributed by atoms with E-state index in [0.717, 1.165) is 70.6 Å². The Balaban J connectivity index is 4.03. The topological polar surface area (TPSA) is 140 Å². The number of aliphatic hydroxyl groups excluding tert-OH is 1. The van der Waals surface area contributed by atoms with Crippen molar-refractivity contribution < 1.29 is 43.0 Å². The van der Waals surface area contributed by atoms with Crippen molar-refractivity contribution in [1.82, 2.24) is 0 Å². The van der Waals surface area contributed by atoms with Crippen molar-refractivity contribution in [2.24, 2.45) is 0 Å². The summed E-state index contributed by atoms with van der Waals surface area (Å²) < 4.78 is 26.3. The van der Waals surface area contributed by atoms with Crippen molar-refractivity contribution in [3.8, 4) is 0 Å². The third kappa shape index (κ3) is 42.4. The molecule has 0 saturated carbocycles. The van der Waals surface area contributed by atoms with E-state index in [1.54, 1.807) is 0 Å².